The van der Waals surface area contributed by atoms with Crippen molar-refractivity contribution in [3.63, 3.8) is 0 Å². The molecule has 6 heteroatoms. The first-order valence-electron chi connectivity index (χ1n) is 9.90. The van der Waals surface area contributed by atoms with Gasteiger partial charge in [-0.2, -0.15) is 0 Å². The number of fused-ring (bicyclic) bond motifs is 2. The summed E-state index contributed by atoms with van der Waals surface area (Å²) in [4.78, 5) is 19.5. The number of rotatable bonds is 3. The van der Waals surface area contributed by atoms with Gasteiger partial charge in [0.05, 0.1) is 6.61 Å². The smallest absolute Gasteiger partial charge is 0.411 e. The van der Waals surface area contributed by atoms with Gasteiger partial charge in [-0.1, -0.05) is 30.0 Å². The van der Waals surface area contributed by atoms with E-state index in [1.807, 2.05) is 24.8 Å². The summed E-state index contributed by atoms with van der Waals surface area (Å²) in [6, 6.07) is 15.2. The number of benzene rings is 2. The molecule has 5 nitrogen and oxygen atoms in total. The van der Waals surface area contributed by atoms with Crippen LogP contribution in [0.4, 0.5) is 10.5 Å². The van der Waals surface area contributed by atoms with Crippen LogP contribution in [-0.4, -0.2) is 55.7 Å². The molecule has 2 heterocycles. The van der Waals surface area contributed by atoms with Crippen molar-refractivity contribution in [1.82, 2.24) is 9.80 Å². The lowest BCUT2D eigenvalue weighted by Gasteiger charge is -2.38. The van der Waals surface area contributed by atoms with E-state index in [-0.39, 0.29) is 0 Å². The minimum atomic E-state index is -0.400. The number of likely N-dealkylation sites (N-methyl/N-ethyl adjacent to an activating group) is 1. The Labute approximate surface area is 171 Å². The number of hydrogen-bond acceptors (Lipinski definition) is 5. The van der Waals surface area contributed by atoms with Crippen molar-refractivity contribution in [2.75, 3.05) is 45.2 Å². The number of amides is 1. The summed E-state index contributed by atoms with van der Waals surface area (Å²) in [6.07, 6.45) is 0.589. The number of nitrogens with one attached hydrogen (secondary N) is 1. The summed E-state index contributed by atoms with van der Waals surface area (Å²) in [5.74, 6) is 0. The largest absolute Gasteiger partial charge is 0.450 e. The summed E-state index contributed by atoms with van der Waals surface area (Å²) in [5.41, 5.74) is 3.48. The van der Waals surface area contributed by atoms with E-state index in [1.54, 1.807) is 0 Å². The predicted molar refractivity (Wildman–Crippen MR) is 113 cm³/mol. The van der Waals surface area contributed by atoms with Crippen molar-refractivity contribution in [3.05, 3.63) is 53.6 Å². The quantitative estimate of drug-likeness (QED) is 0.839. The first-order chi connectivity index (χ1) is 13.6. The van der Waals surface area contributed by atoms with E-state index in [0.29, 0.717) is 12.6 Å². The number of carbonyl (C=O) groups excluding carboxylic acids is 1. The van der Waals surface area contributed by atoms with Gasteiger partial charge < -0.3 is 9.64 Å². The van der Waals surface area contributed by atoms with Gasteiger partial charge in [-0.05, 0) is 55.8 Å². The van der Waals surface area contributed by atoms with E-state index in [2.05, 4.69) is 58.6 Å². The molecule has 1 unspecified atom stereocenters. The lowest BCUT2D eigenvalue weighted by molar-refractivity contribution is 0.110. The fraction of sp³-hybridized carbons (Fsp3) is 0.409. The van der Waals surface area contributed by atoms with Crippen molar-refractivity contribution in [1.29, 1.82) is 0 Å². The summed E-state index contributed by atoms with van der Waals surface area (Å²) >= 11 is 1.83. The fourth-order valence-electron chi connectivity index (χ4n) is 3.93. The number of carbonyl (C=O) groups is 1. The van der Waals surface area contributed by atoms with Crippen LogP contribution in [0, 0.1) is 0 Å². The average molecular weight is 398 g/mol. The molecule has 28 heavy (non-hydrogen) atoms. The Morgan fingerprint density at radius 3 is 2.71 bits per heavy atom. The summed E-state index contributed by atoms with van der Waals surface area (Å²) in [6.45, 7) is 6.47. The third-order valence-electron chi connectivity index (χ3n) is 5.48. The van der Waals surface area contributed by atoms with Gasteiger partial charge in [-0.3, -0.25) is 10.2 Å². The number of anilines is 1. The molecule has 1 atom stereocenters. The monoisotopic (exact) mass is 397 g/mol. The zero-order valence-electron chi connectivity index (χ0n) is 16.5. The van der Waals surface area contributed by atoms with Gasteiger partial charge >= 0.3 is 6.09 Å². The van der Waals surface area contributed by atoms with Gasteiger partial charge in [-0.25, -0.2) is 4.79 Å². The summed E-state index contributed by atoms with van der Waals surface area (Å²) in [7, 11) is 2.19. The second-order valence-electron chi connectivity index (χ2n) is 7.37. The molecule has 1 amide bonds. The highest BCUT2D eigenvalue weighted by Crippen LogP contribution is 2.43. The highest BCUT2D eigenvalue weighted by molar-refractivity contribution is 7.99. The molecular formula is C22H27N3O2S. The molecule has 2 aromatic carbocycles. The zero-order chi connectivity index (χ0) is 19.5. The van der Waals surface area contributed by atoms with Crippen LogP contribution >= 0.6 is 11.8 Å². The van der Waals surface area contributed by atoms with Crippen LogP contribution in [0.1, 0.15) is 24.1 Å². The van der Waals surface area contributed by atoms with Crippen molar-refractivity contribution in [2.45, 2.75) is 29.2 Å². The highest BCUT2D eigenvalue weighted by atomic mass is 32.2. The van der Waals surface area contributed by atoms with Crippen molar-refractivity contribution < 1.29 is 9.53 Å². The van der Waals surface area contributed by atoms with Gasteiger partial charge in [0.25, 0.3) is 0 Å². The Morgan fingerprint density at radius 2 is 1.93 bits per heavy atom. The van der Waals surface area contributed by atoms with E-state index in [4.69, 9.17) is 4.74 Å². The maximum Gasteiger partial charge on any atom is 0.411 e. The Bertz CT molecular complexity index is 849. The molecule has 0 radical (unpaired) electrons. The normalized spacial score (nSPS) is 20.0. The minimum absolute atomic E-state index is 0.309. The molecule has 0 aromatic heterocycles. The fourth-order valence-corrected chi connectivity index (χ4v) is 5.05. The second-order valence-corrected chi connectivity index (χ2v) is 8.45. The third-order valence-corrected chi connectivity index (χ3v) is 6.68. The van der Waals surface area contributed by atoms with Crippen LogP contribution in [0.3, 0.4) is 0 Å². The maximum atomic E-state index is 11.9. The number of hydrogen-bond donors (Lipinski definition) is 1. The van der Waals surface area contributed by atoms with E-state index < -0.39 is 6.09 Å². The molecule has 2 aliphatic rings. The van der Waals surface area contributed by atoms with Crippen LogP contribution in [0.2, 0.25) is 0 Å². The highest BCUT2D eigenvalue weighted by Gasteiger charge is 2.29. The van der Waals surface area contributed by atoms with E-state index in [0.717, 1.165) is 38.3 Å². The molecule has 0 aliphatic carbocycles. The van der Waals surface area contributed by atoms with Crippen LogP contribution in [0.5, 0.6) is 0 Å². The van der Waals surface area contributed by atoms with Crippen LogP contribution in [0.25, 0.3) is 0 Å². The Morgan fingerprint density at radius 1 is 1.14 bits per heavy atom. The molecule has 2 aliphatic heterocycles. The first-order valence-corrected chi connectivity index (χ1v) is 10.7. The van der Waals surface area contributed by atoms with Crippen LogP contribution in [0.15, 0.2) is 52.3 Å². The minimum Gasteiger partial charge on any atom is -0.450 e. The number of ether oxygens (including phenoxy) is 1. The molecule has 4 rings (SSSR count). The summed E-state index contributed by atoms with van der Waals surface area (Å²) < 4.78 is 5.05. The van der Waals surface area contributed by atoms with Crippen molar-refractivity contribution in [2.24, 2.45) is 0 Å². The van der Waals surface area contributed by atoms with E-state index in [9.17, 15) is 4.79 Å². The zero-order valence-corrected chi connectivity index (χ0v) is 17.3. The molecule has 0 bridgehead atoms. The predicted octanol–water partition coefficient (Wildman–Crippen LogP) is 4.25. The third kappa shape index (κ3) is 4.19. The van der Waals surface area contributed by atoms with Gasteiger partial charge in [0.1, 0.15) is 0 Å². The van der Waals surface area contributed by atoms with Crippen molar-refractivity contribution in [3.8, 4) is 0 Å². The van der Waals surface area contributed by atoms with E-state index in [1.165, 1.54) is 20.9 Å². The number of nitrogens with zero attached hydrogens (tertiary/aromatic N) is 2. The lowest BCUT2D eigenvalue weighted by atomic mass is 9.96. The van der Waals surface area contributed by atoms with Gasteiger partial charge in [0, 0.05) is 47.7 Å². The maximum absolute atomic E-state index is 11.9. The summed E-state index contributed by atoms with van der Waals surface area (Å²) in [5, 5.41) is 2.87. The molecule has 2 aromatic rings. The van der Waals surface area contributed by atoms with Crippen molar-refractivity contribution >= 4 is 23.5 Å². The van der Waals surface area contributed by atoms with Crippen LogP contribution in [-0.2, 0) is 11.2 Å². The SMILES string of the molecule is CCOC(=O)Nc1ccc2c(c1)C(N1CCN(C)CC1)Cc1ccccc1S2. The van der Waals surface area contributed by atoms with E-state index >= 15 is 0 Å². The number of piperazine rings is 1. The van der Waals surface area contributed by atoms with Crippen LogP contribution < -0.4 is 5.32 Å². The molecule has 148 valence electrons. The van der Waals surface area contributed by atoms with Gasteiger partial charge in [0.2, 0.25) is 0 Å². The molecule has 1 fully saturated rings. The first kappa shape index (κ1) is 19.3. The van der Waals surface area contributed by atoms with Gasteiger partial charge in [0.15, 0.2) is 0 Å². The average Bonchev–Trinajstić information content (AvgIpc) is 2.85. The Kier molecular flexibility index (Phi) is 5.90. The molecule has 0 saturated carbocycles. The lowest BCUT2D eigenvalue weighted by Crippen LogP contribution is -2.46. The standard InChI is InChI=1S/C22H27N3O2S/c1-3-27-22(26)23-17-8-9-21-18(15-17)19(25-12-10-24(2)11-13-25)14-16-6-4-5-7-20(16)28-21/h4-9,15,19H,3,10-14H2,1-2H3,(H,23,26). The molecule has 1 saturated heterocycles. The molecule has 0 spiro atoms. The Hall–Kier alpha value is -2.02. The molecule has 1 N–H and O–H groups in total. The second kappa shape index (κ2) is 8.55. The topological polar surface area (TPSA) is 44.8 Å². The molecular weight excluding hydrogens is 370 g/mol. The Balaban J connectivity index is 1.69. The van der Waals surface area contributed by atoms with Gasteiger partial charge in [-0.15, -0.1) is 0 Å².